The van der Waals surface area contributed by atoms with Crippen LogP contribution in [0.4, 0.5) is 4.39 Å². The van der Waals surface area contributed by atoms with Gasteiger partial charge in [-0.15, -0.1) is 0 Å². The Morgan fingerprint density at radius 2 is 1.76 bits per heavy atom. The fourth-order valence-corrected chi connectivity index (χ4v) is 7.19. The number of amides is 1. The Morgan fingerprint density at radius 1 is 1.09 bits per heavy atom. The molecule has 7 rings (SSSR count). The summed E-state index contributed by atoms with van der Waals surface area (Å²) in [5.41, 5.74) is 0.333. The van der Waals surface area contributed by atoms with Crippen molar-refractivity contribution in [3.63, 3.8) is 0 Å². The molecule has 2 aromatic rings. The van der Waals surface area contributed by atoms with Gasteiger partial charge in [0, 0.05) is 12.1 Å². The zero-order valence-electron chi connectivity index (χ0n) is 18.5. The lowest BCUT2D eigenvalue weighted by molar-refractivity contribution is -0.166. The van der Waals surface area contributed by atoms with Crippen molar-refractivity contribution in [3.05, 3.63) is 35.9 Å². The van der Waals surface area contributed by atoms with Gasteiger partial charge in [-0.1, -0.05) is 5.16 Å². The Hall–Kier alpha value is -2.77. The second-order valence-corrected chi connectivity index (χ2v) is 10.5. The average Bonchev–Trinajstić information content (AvgIpc) is 3.47. The first kappa shape index (κ1) is 20.8. The van der Waals surface area contributed by atoms with Gasteiger partial charge in [-0.2, -0.15) is 4.98 Å². The molecular formula is C25H28FN3O4. The maximum Gasteiger partial charge on any atom is 0.329 e. The molecule has 1 unspecified atom stereocenters. The van der Waals surface area contributed by atoms with Gasteiger partial charge in [0.2, 0.25) is 11.7 Å². The number of halogens is 1. The number of esters is 1. The van der Waals surface area contributed by atoms with Gasteiger partial charge in [0.05, 0.1) is 5.41 Å². The third-order valence-electron chi connectivity index (χ3n) is 8.18. The number of rotatable bonds is 5. The molecule has 1 amide bonds. The molecule has 5 fully saturated rings. The van der Waals surface area contributed by atoms with Gasteiger partial charge in [0.25, 0.3) is 5.89 Å². The van der Waals surface area contributed by atoms with Crippen LogP contribution in [0.5, 0.6) is 0 Å². The molecule has 0 radical (unpaired) electrons. The largest absolute Gasteiger partial charge is 0.456 e. The summed E-state index contributed by atoms with van der Waals surface area (Å²) < 4.78 is 23.8. The van der Waals surface area contributed by atoms with Crippen LogP contribution in [0.1, 0.15) is 57.2 Å². The minimum absolute atomic E-state index is 0.126. The molecule has 4 saturated carbocycles. The van der Waals surface area contributed by atoms with E-state index < -0.39 is 12.0 Å². The highest BCUT2D eigenvalue weighted by atomic mass is 19.1. The Labute approximate surface area is 191 Å². The van der Waals surface area contributed by atoms with Gasteiger partial charge in [-0.25, -0.2) is 9.18 Å². The molecule has 7 nitrogen and oxygen atoms in total. The van der Waals surface area contributed by atoms with E-state index in [0.717, 1.165) is 25.7 Å². The van der Waals surface area contributed by atoms with Crippen molar-refractivity contribution in [1.82, 2.24) is 15.0 Å². The van der Waals surface area contributed by atoms with E-state index in [2.05, 4.69) is 10.1 Å². The van der Waals surface area contributed by atoms with Crippen LogP contribution in [0.15, 0.2) is 28.8 Å². The zero-order valence-corrected chi connectivity index (χ0v) is 18.5. The topological polar surface area (TPSA) is 85.5 Å². The molecule has 1 atom stereocenters. The fraction of sp³-hybridized carbons (Fsp3) is 0.600. The van der Waals surface area contributed by atoms with Gasteiger partial charge in [-0.05, 0) is 93.4 Å². The number of carbonyl (C=O) groups is 2. The standard InChI is InChI=1S/C25H28FN3O4/c26-19-5-3-18(4-6-19)22-27-21(28-33-22)14-32-23(30)20-2-1-7-29(20)24(31)25-11-15-8-16(12-25)10-17(9-15)13-25/h3-6,15-17,20H,1-2,7-14H2. The van der Waals surface area contributed by atoms with Crippen LogP contribution in [0, 0.1) is 29.0 Å². The highest BCUT2D eigenvalue weighted by Crippen LogP contribution is 2.60. The molecule has 174 valence electrons. The van der Waals surface area contributed by atoms with Gasteiger partial charge < -0.3 is 14.2 Å². The molecule has 8 heteroatoms. The molecule has 4 aliphatic carbocycles. The first-order valence-corrected chi connectivity index (χ1v) is 12.1. The SMILES string of the molecule is O=C(OCc1noc(-c2ccc(F)cc2)n1)C1CCCN1C(=O)C12CC3CC(CC(C3)C1)C2. The summed E-state index contributed by atoms with van der Waals surface area (Å²) in [6, 6.07) is 5.19. The third-order valence-corrected chi connectivity index (χ3v) is 8.18. The lowest BCUT2D eigenvalue weighted by atomic mass is 9.49. The zero-order chi connectivity index (χ0) is 22.6. The van der Waals surface area contributed by atoms with E-state index in [9.17, 15) is 14.0 Å². The number of nitrogens with zero attached hydrogens (tertiary/aromatic N) is 3. The van der Waals surface area contributed by atoms with Crippen molar-refractivity contribution in [2.24, 2.45) is 23.2 Å². The highest BCUT2D eigenvalue weighted by Gasteiger charge is 2.57. The van der Waals surface area contributed by atoms with E-state index in [1.54, 1.807) is 17.0 Å². The second-order valence-electron chi connectivity index (χ2n) is 10.5. The van der Waals surface area contributed by atoms with E-state index in [1.807, 2.05) is 0 Å². The third kappa shape index (κ3) is 3.73. The lowest BCUT2D eigenvalue weighted by Gasteiger charge is -2.56. The predicted octanol–water partition coefficient (Wildman–Crippen LogP) is 4.13. The smallest absolute Gasteiger partial charge is 0.329 e. The average molecular weight is 454 g/mol. The number of hydrogen-bond donors (Lipinski definition) is 0. The highest BCUT2D eigenvalue weighted by molar-refractivity contribution is 5.89. The molecule has 5 aliphatic rings. The molecule has 4 bridgehead atoms. The van der Waals surface area contributed by atoms with Crippen molar-refractivity contribution in [3.8, 4) is 11.5 Å². The van der Waals surface area contributed by atoms with Crippen molar-refractivity contribution in [2.75, 3.05) is 6.54 Å². The van der Waals surface area contributed by atoms with Crippen LogP contribution >= 0.6 is 0 Å². The Balaban J connectivity index is 1.10. The summed E-state index contributed by atoms with van der Waals surface area (Å²) in [6.07, 6.45) is 8.26. The van der Waals surface area contributed by atoms with Crippen LogP contribution in [0.2, 0.25) is 0 Å². The summed E-state index contributed by atoms with van der Waals surface area (Å²) in [5, 5.41) is 3.86. The van der Waals surface area contributed by atoms with E-state index in [-0.39, 0.29) is 35.5 Å². The molecule has 1 aromatic carbocycles. The normalized spacial score (nSPS) is 32.3. The van der Waals surface area contributed by atoms with Crippen molar-refractivity contribution in [1.29, 1.82) is 0 Å². The monoisotopic (exact) mass is 453 g/mol. The van der Waals surface area contributed by atoms with E-state index in [0.29, 0.717) is 36.3 Å². The van der Waals surface area contributed by atoms with Gasteiger partial charge in [0.15, 0.2) is 6.61 Å². The molecule has 2 heterocycles. The number of benzene rings is 1. The van der Waals surface area contributed by atoms with Crippen LogP contribution in [0.25, 0.3) is 11.5 Å². The summed E-state index contributed by atoms with van der Waals surface area (Å²) >= 11 is 0. The van der Waals surface area contributed by atoms with Gasteiger partial charge >= 0.3 is 5.97 Å². The number of hydrogen-bond acceptors (Lipinski definition) is 6. The lowest BCUT2D eigenvalue weighted by Crippen LogP contribution is -2.56. The Kier molecular flexibility index (Phi) is 4.99. The summed E-state index contributed by atoms with van der Waals surface area (Å²) in [4.78, 5) is 32.7. The summed E-state index contributed by atoms with van der Waals surface area (Å²) in [7, 11) is 0. The number of ether oxygens (including phenoxy) is 1. The van der Waals surface area contributed by atoms with Crippen molar-refractivity contribution < 1.29 is 23.2 Å². The van der Waals surface area contributed by atoms with Crippen molar-refractivity contribution in [2.45, 2.75) is 64.0 Å². The maximum atomic E-state index is 13.7. The second kappa shape index (κ2) is 7.92. The van der Waals surface area contributed by atoms with E-state index in [4.69, 9.17) is 9.26 Å². The van der Waals surface area contributed by atoms with E-state index >= 15 is 0 Å². The van der Waals surface area contributed by atoms with Gasteiger partial charge in [0.1, 0.15) is 11.9 Å². The quantitative estimate of drug-likeness (QED) is 0.633. The minimum Gasteiger partial charge on any atom is -0.456 e. The van der Waals surface area contributed by atoms with Crippen molar-refractivity contribution >= 4 is 11.9 Å². The Morgan fingerprint density at radius 3 is 2.42 bits per heavy atom. The fourth-order valence-electron chi connectivity index (χ4n) is 7.19. The first-order valence-electron chi connectivity index (χ1n) is 12.1. The summed E-state index contributed by atoms with van der Waals surface area (Å²) in [5.74, 6) is 1.94. The molecule has 1 aromatic heterocycles. The van der Waals surface area contributed by atoms with Crippen LogP contribution < -0.4 is 0 Å². The number of aromatic nitrogens is 2. The number of carbonyl (C=O) groups excluding carboxylic acids is 2. The molecule has 33 heavy (non-hydrogen) atoms. The van der Waals surface area contributed by atoms with Crippen LogP contribution in [-0.2, 0) is 20.9 Å². The minimum atomic E-state index is -0.533. The maximum absolute atomic E-state index is 13.7. The predicted molar refractivity (Wildman–Crippen MR) is 115 cm³/mol. The van der Waals surface area contributed by atoms with E-state index in [1.165, 1.54) is 31.4 Å². The molecule has 1 saturated heterocycles. The van der Waals surface area contributed by atoms with Crippen LogP contribution in [0.3, 0.4) is 0 Å². The first-order chi connectivity index (χ1) is 16.0. The van der Waals surface area contributed by atoms with Crippen LogP contribution in [-0.4, -0.2) is 39.5 Å². The molecule has 1 aliphatic heterocycles. The van der Waals surface area contributed by atoms with Gasteiger partial charge in [-0.3, -0.25) is 4.79 Å². The molecule has 0 N–H and O–H groups in total. The molecular weight excluding hydrogens is 425 g/mol. The summed E-state index contributed by atoms with van der Waals surface area (Å²) in [6.45, 7) is 0.497. The number of likely N-dealkylation sites (tertiary alicyclic amines) is 1. The Bertz CT molecular complexity index is 1030. The molecule has 0 spiro atoms.